The van der Waals surface area contributed by atoms with Crippen molar-refractivity contribution in [2.45, 2.75) is 39.3 Å². The highest BCUT2D eigenvalue weighted by atomic mass is 127. The van der Waals surface area contributed by atoms with Crippen LogP contribution in [0, 0.1) is 6.92 Å². The van der Waals surface area contributed by atoms with Gasteiger partial charge in [-0.25, -0.2) is 4.99 Å². The molecule has 1 fully saturated rings. The molecule has 1 aliphatic rings. The van der Waals surface area contributed by atoms with Crippen LogP contribution in [0.2, 0.25) is 0 Å². The van der Waals surface area contributed by atoms with Crippen molar-refractivity contribution in [2.75, 3.05) is 26.2 Å². The molecule has 8 heteroatoms. The fourth-order valence-corrected chi connectivity index (χ4v) is 3.50. The summed E-state index contributed by atoms with van der Waals surface area (Å²) >= 11 is 0. The Labute approximate surface area is 183 Å². The molecule has 0 spiro atoms. The van der Waals surface area contributed by atoms with Crippen LogP contribution in [0.15, 0.2) is 33.7 Å². The summed E-state index contributed by atoms with van der Waals surface area (Å²) in [6.07, 6.45) is 1.92. The first-order valence-corrected chi connectivity index (χ1v) is 9.59. The van der Waals surface area contributed by atoms with Crippen molar-refractivity contribution in [2.24, 2.45) is 10.7 Å². The van der Waals surface area contributed by atoms with Gasteiger partial charge in [0, 0.05) is 36.6 Å². The second-order valence-corrected chi connectivity index (χ2v) is 7.00. The van der Waals surface area contributed by atoms with Crippen LogP contribution in [0.3, 0.4) is 0 Å². The van der Waals surface area contributed by atoms with Crippen molar-refractivity contribution in [1.82, 2.24) is 15.5 Å². The molecule has 3 rings (SSSR count). The molecule has 0 bridgehead atoms. The van der Waals surface area contributed by atoms with E-state index in [0.717, 1.165) is 60.7 Å². The van der Waals surface area contributed by atoms with E-state index in [9.17, 15) is 4.79 Å². The topological polar surface area (TPSA) is 95.9 Å². The summed E-state index contributed by atoms with van der Waals surface area (Å²) in [5.74, 6) is 1.42. The number of piperidine rings is 1. The summed E-state index contributed by atoms with van der Waals surface area (Å²) in [6.45, 7) is 7.49. The van der Waals surface area contributed by atoms with Crippen molar-refractivity contribution >= 4 is 46.8 Å². The number of carbonyl (C=O) groups is 1. The number of aliphatic imine (C=N–C) groups is 1. The quantitative estimate of drug-likeness (QED) is 0.322. The molecule has 0 unspecified atom stereocenters. The summed E-state index contributed by atoms with van der Waals surface area (Å²) in [4.78, 5) is 17.9. The van der Waals surface area contributed by atoms with Crippen molar-refractivity contribution in [1.29, 1.82) is 0 Å². The number of amides is 1. The average molecular weight is 499 g/mol. The molecule has 1 amide bonds. The summed E-state index contributed by atoms with van der Waals surface area (Å²) in [6, 6.07) is 8.40. The molecule has 1 aromatic carbocycles. The van der Waals surface area contributed by atoms with Crippen LogP contribution in [0.25, 0.3) is 11.0 Å². The molecule has 0 aliphatic carbocycles. The number of furan rings is 1. The van der Waals surface area contributed by atoms with E-state index in [2.05, 4.69) is 35.4 Å². The summed E-state index contributed by atoms with van der Waals surface area (Å²) in [5.41, 5.74) is 7.33. The molecule has 28 heavy (non-hydrogen) atoms. The smallest absolute Gasteiger partial charge is 0.231 e. The number of fused-ring (bicyclic) bond motifs is 1. The zero-order valence-electron chi connectivity index (χ0n) is 16.5. The number of aryl methyl sites for hydroxylation is 1. The molecule has 4 N–H and O–H groups in total. The molecule has 1 saturated heterocycles. The van der Waals surface area contributed by atoms with E-state index >= 15 is 0 Å². The second kappa shape index (κ2) is 10.7. The van der Waals surface area contributed by atoms with Gasteiger partial charge in [0.1, 0.15) is 17.9 Å². The minimum absolute atomic E-state index is 0. The van der Waals surface area contributed by atoms with E-state index in [1.807, 2.05) is 18.2 Å². The van der Waals surface area contributed by atoms with Gasteiger partial charge in [0.15, 0.2) is 5.96 Å². The number of hydrogen-bond acceptors (Lipinski definition) is 4. The summed E-state index contributed by atoms with van der Waals surface area (Å²) in [5, 5.41) is 7.96. The van der Waals surface area contributed by atoms with Crippen LogP contribution in [0.4, 0.5) is 0 Å². The average Bonchev–Trinajstić information content (AvgIpc) is 2.97. The minimum atomic E-state index is -0.266. The molecule has 1 aromatic heterocycles. The van der Waals surface area contributed by atoms with Crippen molar-refractivity contribution < 1.29 is 9.21 Å². The Balaban J connectivity index is 0.00000280. The predicted octanol–water partition coefficient (Wildman–Crippen LogP) is 2.36. The maximum absolute atomic E-state index is 11.1. The van der Waals surface area contributed by atoms with Gasteiger partial charge in [-0.1, -0.05) is 18.2 Å². The van der Waals surface area contributed by atoms with Gasteiger partial charge < -0.3 is 20.8 Å². The maximum atomic E-state index is 11.1. The highest BCUT2D eigenvalue weighted by Crippen LogP contribution is 2.25. The molecule has 7 nitrogen and oxygen atoms in total. The van der Waals surface area contributed by atoms with E-state index in [4.69, 9.17) is 15.1 Å². The Bertz CT molecular complexity index is 812. The molecule has 2 heterocycles. The summed E-state index contributed by atoms with van der Waals surface area (Å²) in [7, 11) is 0. The van der Waals surface area contributed by atoms with Crippen LogP contribution >= 0.6 is 24.0 Å². The van der Waals surface area contributed by atoms with Gasteiger partial charge in [-0.15, -0.1) is 24.0 Å². The lowest BCUT2D eigenvalue weighted by Gasteiger charge is -2.32. The molecule has 0 radical (unpaired) electrons. The van der Waals surface area contributed by atoms with E-state index in [1.54, 1.807) is 0 Å². The number of carbonyl (C=O) groups excluding carboxylic acids is 1. The Morgan fingerprint density at radius 1 is 1.32 bits per heavy atom. The maximum Gasteiger partial charge on any atom is 0.231 e. The first-order valence-electron chi connectivity index (χ1n) is 9.59. The molecular weight excluding hydrogens is 469 g/mol. The van der Waals surface area contributed by atoms with Crippen LogP contribution in [0.1, 0.15) is 31.1 Å². The molecule has 154 valence electrons. The number of benzene rings is 1. The Morgan fingerprint density at radius 2 is 2.04 bits per heavy atom. The number of para-hydroxylation sites is 1. The fraction of sp³-hybridized carbons (Fsp3) is 0.500. The van der Waals surface area contributed by atoms with Gasteiger partial charge in [0.05, 0.1) is 6.54 Å². The van der Waals surface area contributed by atoms with Gasteiger partial charge in [-0.3, -0.25) is 9.69 Å². The molecule has 0 saturated carbocycles. The third-order valence-electron chi connectivity index (χ3n) is 4.98. The summed E-state index contributed by atoms with van der Waals surface area (Å²) < 4.78 is 5.96. The number of nitrogens with one attached hydrogen (secondary N) is 2. The Morgan fingerprint density at radius 3 is 2.68 bits per heavy atom. The third-order valence-corrected chi connectivity index (χ3v) is 4.98. The van der Waals surface area contributed by atoms with Gasteiger partial charge in [-0.05, 0) is 32.8 Å². The fourth-order valence-electron chi connectivity index (χ4n) is 3.50. The zero-order chi connectivity index (χ0) is 19.2. The monoisotopic (exact) mass is 499 g/mol. The number of nitrogens with zero attached hydrogens (tertiary/aromatic N) is 2. The van der Waals surface area contributed by atoms with Gasteiger partial charge in [0.2, 0.25) is 5.91 Å². The lowest BCUT2D eigenvalue weighted by atomic mass is 10.1. The normalized spacial score (nSPS) is 16.0. The van der Waals surface area contributed by atoms with Crippen LogP contribution in [-0.2, 0) is 11.3 Å². The lowest BCUT2D eigenvalue weighted by molar-refractivity contribution is -0.119. The Hall–Kier alpha value is -1.81. The van der Waals surface area contributed by atoms with Crippen LogP contribution in [-0.4, -0.2) is 49.0 Å². The van der Waals surface area contributed by atoms with Crippen molar-refractivity contribution in [3.8, 4) is 0 Å². The number of hydrogen-bond donors (Lipinski definition) is 3. The van der Waals surface area contributed by atoms with Crippen molar-refractivity contribution in [3.63, 3.8) is 0 Å². The molecule has 1 aliphatic heterocycles. The molecular formula is C20H30IN5O2. The number of primary amides is 1. The van der Waals surface area contributed by atoms with Gasteiger partial charge in [0.25, 0.3) is 0 Å². The minimum Gasteiger partial charge on any atom is -0.459 e. The first kappa shape index (κ1) is 22.5. The highest BCUT2D eigenvalue weighted by Gasteiger charge is 2.21. The number of guanidine groups is 1. The number of rotatable bonds is 6. The van der Waals surface area contributed by atoms with Gasteiger partial charge >= 0.3 is 0 Å². The largest absolute Gasteiger partial charge is 0.459 e. The van der Waals surface area contributed by atoms with Crippen LogP contribution in [0.5, 0.6) is 0 Å². The van der Waals surface area contributed by atoms with Crippen molar-refractivity contribution in [3.05, 3.63) is 35.6 Å². The van der Waals surface area contributed by atoms with Crippen LogP contribution < -0.4 is 16.4 Å². The number of nitrogens with two attached hydrogens (primary N) is 1. The number of likely N-dealkylation sites (tertiary alicyclic amines) is 1. The Kier molecular flexibility index (Phi) is 8.56. The second-order valence-electron chi connectivity index (χ2n) is 7.00. The molecule has 2 aromatic rings. The standard InChI is InChI=1S/C20H29N5O2.HI/c1-3-22-20(24-15-8-10-25(11-9-15)13-19(21)26)23-12-18-14(2)16-6-4-5-7-17(16)27-18;/h4-7,15H,3,8-13H2,1-2H3,(H2,21,26)(H2,22,23,24);1H. The third kappa shape index (κ3) is 5.84. The predicted molar refractivity (Wildman–Crippen MR) is 123 cm³/mol. The number of halogens is 1. The lowest BCUT2D eigenvalue weighted by Crippen LogP contribution is -2.49. The van der Waals surface area contributed by atoms with E-state index in [1.165, 1.54) is 0 Å². The van der Waals surface area contributed by atoms with Gasteiger partial charge in [-0.2, -0.15) is 0 Å². The van der Waals surface area contributed by atoms with E-state index in [-0.39, 0.29) is 29.9 Å². The highest BCUT2D eigenvalue weighted by molar-refractivity contribution is 14.0. The first-order chi connectivity index (χ1) is 13.1. The molecule has 0 atom stereocenters. The zero-order valence-corrected chi connectivity index (χ0v) is 18.9. The van der Waals surface area contributed by atoms with E-state index in [0.29, 0.717) is 19.1 Å². The SMILES string of the molecule is CCNC(=NCc1oc2ccccc2c1C)NC1CCN(CC(N)=O)CC1.I. The van der Waals surface area contributed by atoms with E-state index < -0.39 is 0 Å².